The fourth-order valence-electron chi connectivity index (χ4n) is 4.01. The summed E-state index contributed by atoms with van der Waals surface area (Å²) in [6, 6.07) is 7.98. The minimum absolute atomic E-state index is 0.0832. The van der Waals surface area contributed by atoms with E-state index in [1.807, 2.05) is 18.3 Å². The van der Waals surface area contributed by atoms with Crippen molar-refractivity contribution in [1.29, 1.82) is 0 Å². The van der Waals surface area contributed by atoms with Crippen LogP contribution >= 0.6 is 0 Å². The summed E-state index contributed by atoms with van der Waals surface area (Å²) in [5.74, 6) is 1.65. The SMILES string of the molecule is CC(C)(CO)NC(=O)c1ccc(Nc2nc3ccc(C4C5CC54)cn3n2)c(OCC(F)(F)F)c1. The van der Waals surface area contributed by atoms with Crippen LogP contribution in [0.1, 0.15) is 42.1 Å². The van der Waals surface area contributed by atoms with Gasteiger partial charge in [-0.05, 0) is 67.9 Å². The quantitative estimate of drug-likeness (QED) is 0.460. The van der Waals surface area contributed by atoms with Crippen molar-refractivity contribution >= 4 is 23.2 Å². The van der Waals surface area contributed by atoms with E-state index < -0.39 is 24.2 Å². The fourth-order valence-corrected chi connectivity index (χ4v) is 4.01. The first-order valence-electron chi connectivity index (χ1n) is 10.9. The summed E-state index contributed by atoms with van der Waals surface area (Å²) in [6.07, 6.45) is -1.34. The van der Waals surface area contributed by atoms with Crippen LogP contribution < -0.4 is 15.4 Å². The number of hydrogen-bond acceptors (Lipinski definition) is 6. The summed E-state index contributed by atoms with van der Waals surface area (Å²) >= 11 is 0. The summed E-state index contributed by atoms with van der Waals surface area (Å²) in [4.78, 5) is 16.9. The molecule has 2 fully saturated rings. The first-order valence-corrected chi connectivity index (χ1v) is 10.9. The number of aromatic nitrogens is 3. The van der Waals surface area contributed by atoms with Crippen LogP contribution in [0.25, 0.3) is 5.65 Å². The van der Waals surface area contributed by atoms with Crippen molar-refractivity contribution in [2.45, 2.75) is 37.9 Å². The van der Waals surface area contributed by atoms with Crippen LogP contribution in [0.3, 0.4) is 0 Å². The lowest BCUT2D eigenvalue weighted by Crippen LogP contribution is -2.46. The van der Waals surface area contributed by atoms with Crippen LogP contribution in [-0.2, 0) is 0 Å². The molecule has 1 amide bonds. The average Bonchev–Trinajstić information content (AvgIpc) is 3.64. The molecule has 180 valence electrons. The Morgan fingerprint density at radius 3 is 2.65 bits per heavy atom. The third-order valence-corrected chi connectivity index (χ3v) is 6.14. The second-order valence-electron chi connectivity index (χ2n) is 9.53. The van der Waals surface area contributed by atoms with Crippen molar-refractivity contribution in [3.63, 3.8) is 0 Å². The van der Waals surface area contributed by atoms with E-state index in [2.05, 4.69) is 20.7 Å². The molecule has 2 aliphatic rings. The van der Waals surface area contributed by atoms with Crippen molar-refractivity contribution < 1.29 is 27.8 Å². The Morgan fingerprint density at radius 1 is 1.24 bits per heavy atom. The van der Waals surface area contributed by atoms with E-state index in [9.17, 15) is 23.1 Å². The molecule has 2 saturated carbocycles. The molecule has 8 nitrogen and oxygen atoms in total. The zero-order valence-corrected chi connectivity index (χ0v) is 18.6. The Morgan fingerprint density at radius 2 is 2.00 bits per heavy atom. The molecule has 2 unspecified atom stereocenters. The zero-order chi connectivity index (χ0) is 24.3. The number of anilines is 2. The molecule has 3 N–H and O–H groups in total. The number of hydrogen-bond donors (Lipinski definition) is 3. The number of rotatable bonds is 8. The van der Waals surface area contributed by atoms with E-state index in [-0.39, 0.29) is 29.6 Å². The van der Waals surface area contributed by atoms with Gasteiger partial charge in [0.25, 0.3) is 5.91 Å². The Balaban J connectivity index is 1.39. The lowest BCUT2D eigenvalue weighted by Gasteiger charge is -2.23. The number of halogens is 3. The van der Waals surface area contributed by atoms with E-state index in [0.29, 0.717) is 11.6 Å². The van der Waals surface area contributed by atoms with E-state index in [1.165, 1.54) is 30.2 Å². The molecular weight excluding hydrogens is 451 g/mol. The monoisotopic (exact) mass is 475 g/mol. The number of alkyl halides is 3. The molecule has 3 aromatic rings. The standard InChI is InChI=1S/C23H24F3N5O3/c1-22(2,10-32)29-20(33)12-3-5-16(17(7-12)34-11-23(24,25)26)27-21-28-18-6-4-13(9-31(18)30-21)19-14-8-15(14)19/h3-7,9,14-15,19,32H,8,10-11H2,1-2H3,(H,27,30)(H,29,33). The molecule has 2 heterocycles. The normalized spacial score (nSPS) is 21.2. The van der Waals surface area contributed by atoms with Gasteiger partial charge in [0.1, 0.15) is 5.75 Å². The molecule has 2 aromatic heterocycles. The molecule has 2 atom stereocenters. The van der Waals surface area contributed by atoms with Crippen molar-refractivity contribution in [3.05, 3.63) is 47.7 Å². The highest BCUT2D eigenvalue weighted by molar-refractivity contribution is 5.95. The number of benzene rings is 1. The fraction of sp³-hybridized carbons (Fsp3) is 0.435. The van der Waals surface area contributed by atoms with E-state index in [4.69, 9.17) is 4.74 Å². The number of nitrogens with zero attached hydrogens (tertiary/aromatic N) is 3. The largest absolute Gasteiger partial charge is 0.482 e. The second-order valence-corrected chi connectivity index (χ2v) is 9.53. The summed E-state index contributed by atoms with van der Waals surface area (Å²) in [6.45, 7) is 1.41. The third kappa shape index (κ3) is 4.65. The first kappa shape index (κ1) is 22.5. The smallest absolute Gasteiger partial charge is 0.422 e. The number of ether oxygens (including phenoxy) is 1. The summed E-state index contributed by atoms with van der Waals surface area (Å²) in [5, 5.41) is 19.3. The number of carbonyl (C=O) groups excluding carboxylic acids is 1. The number of fused-ring (bicyclic) bond motifs is 2. The molecule has 0 aliphatic heterocycles. The van der Waals surface area contributed by atoms with Gasteiger partial charge in [-0.15, -0.1) is 5.10 Å². The second kappa shape index (κ2) is 7.86. The average molecular weight is 475 g/mol. The number of aliphatic hydroxyl groups excluding tert-OH is 1. The molecule has 0 saturated heterocycles. The first-order chi connectivity index (χ1) is 16.0. The Labute approximate surface area is 193 Å². The molecule has 34 heavy (non-hydrogen) atoms. The molecule has 0 radical (unpaired) electrons. The number of amides is 1. The van der Waals surface area contributed by atoms with Gasteiger partial charge in [0, 0.05) is 11.8 Å². The Kier molecular flexibility index (Phi) is 5.19. The van der Waals surface area contributed by atoms with Gasteiger partial charge in [0.2, 0.25) is 5.95 Å². The number of nitrogens with one attached hydrogen (secondary N) is 2. The van der Waals surface area contributed by atoms with E-state index >= 15 is 0 Å². The van der Waals surface area contributed by atoms with E-state index in [1.54, 1.807) is 18.4 Å². The van der Waals surface area contributed by atoms with Gasteiger partial charge in [-0.3, -0.25) is 4.79 Å². The minimum Gasteiger partial charge on any atom is -0.482 e. The highest BCUT2D eigenvalue weighted by Crippen LogP contribution is 2.73. The summed E-state index contributed by atoms with van der Waals surface area (Å²) in [5.41, 5.74) is 1.17. The van der Waals surface area contributed by atoms with Crippen molar-refractivity contribution in [3.8, 4) is 5.75 Å². The highest BCUT2D eigenvalue weighted by atomic mass is 19.4. The van der Waals surface area contributed by atoms with Crippen LogP contribution in [0.4, 0.5) is 24.8 Å². The molecule has 2 aliphatic carbocycles. The topological polar surface area (TPSA) is 101 Å². The van der Waals surface area contributed by atoms with Crippen LogP contribution in [-0.4, -0.2) is 50.5 Å². The predicted molar refractivity (Wildman–Crippen MR) is 117 cm³/mol. The van der Waals surface area contributed by atoms with Crippen molar-refractivity contribution in [2.75, 3.05) is 18.5 Å². The number of pyridine rings is 1. The van der Waals surface area contributed by atoms with Gasteiger partial charge in [-0.2, -0.15) is 18.2 Å². The van der Waals surface area contributed by atoms with Crippen LogP contribution in [0.15, 0.2) is 36.5 Å². The van der Waals surface area contributed by atoms with Crippen LogP contribution in [0.2, 0.25) is 0 Å². The number of carbonyl (C=O) groups is 1. The molecule has 11 heteroatoms. The maximum Gasteiger partial charge on any atom is 0.422 e. The Hall–Kier alpha value is -3.34. The third-order valence-electron chi connectivity index (χ3n) is 6.14. The summed E-state index contributed by atoms with van der Waals surface area (Å²) in [7, 11) is 0. The van der Waals surface area contributed by atoms with E-state index in [0.717, 1.165) is 11.8 Å². The zero-order valence-electron chi connectivity index (χ0n) is 18.6. The molecule has 1 aromatic carbocycles. The van der Waals surface area contributed by atoms with Gasteiger partial charge in [0.15, 0.2) is 12.3 Å². The predicted octanol–water partition coefficient (Wildman–Crippen LogP) is 3.65. The summed E-state index contributed by atoms with van der Waals surface area (Å²) < 4.78 is 45.1. The molecular formula is C23H24F3N5O3. The van der Waals surface area contributed by atoms with Gasteiger partial charge < -0.3 is 20.5 Å². The maximum absolute atomic E-state index is 12.8. The van der Waals surface area contributed by atoms with Gasteiger partial charge in [0.05, 0.1) is 17.8 Å². The number of aliphatic hydroxyl groups is 1. The van der Waals surface area contributed by atoms with Gasteiger partial charge in [-0.1, -0.05) is 6.07 Å². The van der Waals surface area contributed by atoms with Gasteiger partial charge in [-0.25, -0.2) is 4.52 Å². The van der Waals surface area contributed by atoms with Crippen LogP contribution in [0, 0.1) is 11.8 Å². The molecule has 0 bridgehead atoms. The lowest BCUT2D eigenvalue weighted by atomic mass is 10.1. The minimum atomic E-state index is -4.56. The lowest BCUT2D eigenvalue weighted by molar-refractivity contribution is -0.153. The maximum atomic E-state index is 12.8. The van der Waals surface area contributed by atoms with Gasteiger partial charge >= 0.3 is 6.18 Å². The molecule has 0 spiro atoms. The highest BCUT2D eigenvalue weighted by Gasteiger charge is 2.64. The van der Waals surface area contributed by atoms with Crippen molar-refractivity contribution in [2.24, 2.45) is 11.8 Å². The van der Waals surface area contributed by atoms with Crippen molar-refractivity contribution in [1.82, 2.24) is 19.9 Å². The Bertz CT molecular complexity index is 1250. The van der Waals surface area contributed by atoms with Crippen LogP contribution in [0.5, 0.6) is 5.75 Å². The molecule has 5 rings (SSSR count).